The van der Waals surface area contributed by atoms with Crippen molar-refractivity contribution in [1.82, 2.24) is 15.8 Å². The van der Waals surface area contributed by atoms with Gasteiger partial charge in [0.1, 0.15) is 17.6 Å². The fraction of sp³-hybridized carbons (Fsp3) is 0.250. The summed E-state index contributed by atoms with van der Waals surface area (Å²) in [6.45, 7) is 5.63. The fourth-order valence-corrected chi connectivity index (χ4v) is 3.65. The highest BCUT2D eigenvalue weighted by Crippen LogP contribution is 2.34. The van der Waals surface area contributed by atoms with Gasteiger partial charge in [0.15, 0.2) is 11.5 Å². The van der Waals surface area contributed by atoms with Gasteiger partial charge in [-0.3, -0.25) is 30.8 Å². The Kier molecular flexibility index (Phi) is 10.5. The lowest BCUT2D eigenvalue weighted by Gasteiger charge is -2.23. The topological polar surface area (TPSA) is 178 Å². The summed E-state index contributed by atoms with van der Waals surface area (Å²) in [5.41, 5.74) is 10.5. The first kappa shape index (κ1) is 32.2. The Morgan fingerprint density at radius 3 is 2.40 bits per heavy atom. The molecule has 6 N–H and O–H groups in total. The Hall–Kier alpha value is -5.34. The fourth-order valence-electron chi connectivity index (χ4n) is 3.65. The van der Waals surface area contributed by atoms with Crippen LogP contribution in [0.4, 0.5) is 18.9 Å². The molecule has 2 aromatic carbocycles. The number of nitrogens with two attached hydrogens (primary N) is 1. The number of halogens is 3. The van der Waals surface area contributed by atoms with E-state index in [1.807, 2.05) is 13.8 Å². The van der Waals surface area contributed by atoms with Crippen LogP contribution >= 0.6 is 0 Å². The molecule has 2 amide bonds. The molecule has 0 radical (unpaired) electrons. The van der Waals surface area contributed by atoms with Gasteiger partial charge in [-0.05, 0) is 62.7 Å². The van der Waals surface area contributed by atoms with Crippen molar-refractivity contribution in [3.63, 3.8) is 0 Å². The van der Waals surface area contributed by atoms with Gasteiger partial charge < -0.3 is 25.3 Å². The predicted octanol–water partition coefficient (Wildman–Crippen LogP) is 3.63. The van der Waals surface area contributed by atoms with Gasteiger partial charge in [0.05, 0.1) is 18.3 Å². The molecule has 1 heterocycles. The number of esters is 1. The van der Waals surface area contributed by atoms with E-state index in [-0.39, 0.29) is 40.8 Å². The molecule has 15 heteroatoms. The summed E-state index contributed by atoms with van der Waals surface area (Å²) in [6, 6.07) is 9.36. The molecule has 0 aliphatic carbocycles. The number of hydrogen-bond acceptors (Lipinski definition) is 9. The lowest BCUT2D eigenvalue weighted by molar-refractivity contribution is -0.189. The SMILES string of the molecule is CCOc1cc(C(Nc2cc(OC(=O)C(F)(F)F)ccc2C(=N)N)C(=O)NNC(=O)c2cccnc2)ccc1OC(C)C. The van der Waals surface area contributed by atoms with Crippen molar-refractivity contribution < 1.29 is 41.8 Å². The molecule has 3 rings (SSSR count). The third-order valence-electron chi connectivity index (χ3n) is 5.47. The molecule has 228 valence electrons. The van der Waals surface area contributed by atoms with Crippen LogP contribution in [-0.2, 0) is 9.59 Å². The summed E-state index contributed by atoms with van der Waals surface area (Å²) < 4.78 is 54.3. The van der Waals surface area contributed by atoms with E-state index in [9.17, 15) is 27.6 Å². The smallest absolute Gasteiger partial charge is 0.490 e. The second-order valence-electron chi connectivity index (χ2n) is 9.08. The Labute approximate surface area is 244 Å². The number of aromatic nitrogens is 1. The number of anilines is 1. The molecule has 1 aromatic heterocycles. The Morgan fingerprint density at radius 2 is 1.79 bits per heavy atom. The highest BCUT2D eigenvalue weighted by atomic mass is 19.4. The zero-order valence-corrected chi connectivity index (χ0v) is 23.2. The second-order valence-corrected chi connectivity index (χ2v) is 9.08. The molecular formula is C28H29F3N6O6. The standard InChI is InChI=1S/C28H29F3N6O6/c1-4-41-22-12-16(7-10-21(22)42-15(2)3)23(26(39)37-36-25(38)17-6-5-11-34-14-17)35-20-13-18(8-9-19(20)24(32)33)43-27(40)28(29,30)31/h5-15,23,35H,4H2,1-3H3,(H3,32,33)(H,36,38)(H,37,39). The van der Waals surface area contributed by atoms with Crippen molar-refractivity contribution in [2.24, 2.45) is 5.73 Å². The maximum atomic E-state index is 13.5. The number of nitrogens with zero attached hydrogens (tertiary/aromatic N) is 1. The van der Waals surface area contributed by atoms with Crippen LogP contribution in [0.2, 0.25) is 0 Å². The van der Waals surface area contributed by atoms with E-state index in [1.54, 1.807) is 13.0 Å². The maximum Gasteiger partial charge on any atom is 0.491 e. The van der Waals surface area contributed by atoms with Crippen molar-refractivity contribution in [1.29, 1.82) is 5.41 Å². The number of rotatable bonds is 11. The van der Waals surface area contributed by atoms with E-state index < -0.39 is 41.6 Å². The average molecular weight is 603 g/mol. The first-order chi connectivity index (χ1) is 20.3. The Balaban J connectivity index is 2.03. The van der Waals surface area contributed by atoms with Crippen LogP contribution in [0.3, 0.4) is 0 Å². The third kappa shape index (κ3) is 8.82. The molecule has 43 heavy (non-hydrogen) atoms. The van der Waals surface area contributed by atoms with Crippen LogP contribution in [-0.4, -0.2) is 47.5 Å². The van der Waals surface area contributed by atoms with Crippen LogP contribution in [0.1, 0.15) is 48.3 Å². The monoisotopic (exact) mass is 602 g/mol. The molecule has 1 atom stereocenters. The summed E-state index contributed by atoms with van der Waals surface area (Å²) in [5.74, 6) is -4.35. The van der Waals surface area contributed by atoms with E-state index in [0.29, 0.717) is 5.75 Å². The maximum absolute atomic E-state index is 13.5. The first-order valence-corrected chi connectivity index (χ1v) is 12.8. The Morgan fingerprint density at radius 1 is 1.05 bits per heavy atom. The van der Waals surface area contributed by atoms with Crippen molar-refractivity contribution in [3.8, 4) is 17.2 Å². The van der Waals surface area contributed by atoms with Crippen LogP contribution in [0.15, 0.2) is 60.9 Å². The van der Waals surface area contributed by atoms with Gasteiger partial charge in [-0.1, -0.05) is 6.07 Å². The second kappa shape index (κ2) is 14.0. The van der Waals surface area contributed by atoms with Crippen molar-refractivity contribution in [2.75, 3.05) is 11.9 Å². The van der Waals surface area contributed by atoms with E-state index in [0.717, 1.165) is 18.2 Å². The number of carbonyl (C=O) groups is 3. The lowest BCUT2D eigenvalue weighted by atomic mass is 10.0. The van der Waals surface area contributed by atoms with Gasteiger partial charge in [-0.2, -0.15) is 13.2 Å². The normalized spacial score (nSPS) is 11.7. The molecule has 0 aliphatic rings. The number of amidine groups is 1. The largest absolute Gasteiger partial charge is 0.491 e. The number of carbonyl (C=O) groups excluding carboxylic acids is 3. The van der Waals surface area contributed by atoms with Gasteiger partial charge in [-0.25, -0.2) is 4.79 Å². The summed E-state index contributed by atoms with van der Waals surface area (Å²) >= 11 is 0. The zero-order valence-electron chi connectivity index (χ0n) is 23.2. The minimum atomic E-state index is -5.27. The highest BCUT2D eigenvalue weighted by molar-refractivity contribution is 6.02. The minimum absolute atomic E-state index is 0.0196. The number of hydrogen-bond donors (Lipinski definition) is 5. The van der Waals surface area contributed by atoms with E-state index in [1.165, 1.54) is 36.7 Å². The predicted molar refractivity (Wildman–Crippen MR) is 149 cm³/mol. The quantitative estimate of drug-likeness (QED) is 0.0721. The Bertz CT molecular complexity index is 1480. The lowest BCUT2D eigenvalue weighted by Crippen LogP contribution is -2.45. The van der Waals surface area contributed by atoms with Gasteiger partial charge in [0.2, 0.25) is 0 Å². The van der Waals surface area contributed by atoms with Crippen molar-refractivity contribution in [2.45, 2.75) is 39.1 Å². The number of nitrogen functional groups attached to an aromatic ring is 1. The molecule has 3 aromatic rings. The summed E-state index contributed by atoms with van der Waals surface area (Å²) in [5, 5.41) is 10.7. The number of amides is 2. The molecule has 0 saturated heterocycles. The van der Waals surface area contributed by atoms with E-state index in [4.69, 9.17) is 20.6 Å². The van der Waals surface area contributed by atoms with Crippen molar-refractivity contribution >= 4 is 29.3 Å². The number of alkyl halides is 3. The molecule has 0 bridgehead atoms. The molecule has 12 nitrogen and oxygen atoms in total. The average Bonchev–Trinajstić information content (AvgIpc) is 2.95. The van der Waals surface area contributed by atoms with E-state index in [2.05, 4.69) is 25.9 Å². The number of benzene rings is 2. The highest BCUT2D eigenvalue weighted by Gasteiger charge is 2.41. The van der Waals surface area contributed by atoms with Gasteiger partial charge >= 0.3 is 12.1 Å². The van der Waals surface area contributed by atoms with Crippen LogP contribution in [0.25, 0.3) is 0 Å². The third-order valence-corrected chi connectivity index (χ3v) is 5.47. The number of nitrogens with one attached hydrogen (secondary N) is 4. The molecule has 0 saturated carbocycles. The summed E-state index contributed by atoms with van der Waals surface area (Å²) in [4.78, 5) is 41.3. The zero-order chi connectivity index (χ0) is 31.7. The molecule has 0 fully saturated rings. The van der Waals surface area contributed by atoms with Gasteiger partial charge in [0, 0.05) is 29.7 Å². The molecule has 0 spiro atoms. The molecule has 1 unspecified atom stereocenters. The van der Waals surface area contributed by atoms with Crippen LogP contribution in [0.5, 0.6) is 17.2 Å². The molecule has 0 aliphatic heterocycles. The molecular weight excluding hydrogens is 573 g/mol. The van der Waals surface area contributed by atoms with E-state index >= 15 is 0 Å². The van der Waals surface area contributed by atoms with Gasteiger partial charge in [0.25, 0.3) is 11.8 Å². The summed E-state index contributed by atoms with van der Waals surface area (Å²) in [7, 11) is 0. The van der Waals surface area contributed by atoms with Gasteiger partial charge in [-0.15, -0.1) is 0 Å². The van der Waals surface area contributed by atoms with Crippen LogP contribution < -0.4 is 36.1 Å². The van der Waals surface area contributed by atoms with Crippen molar-refractivity contribution in [3.05, 3.63) is 77.6 Å². The first-order valence-electron chi connectivity index (χ1n) is 12.8. The number of ether oxygens (including phenoxy) is 3. The number of pyridine rings is 1. The summed E-state index contributed by atoms with van der Waals surface area (Å²) in [6.07, 6.45) is -2.72. The van der Waals surface area contributed by atoms with Crippen LogP contribution in [0, 0.1) is 5.41 Å². The number of hydrazine groups is 1. The minimum Gasteiger partial charge on any atom is -0.490 e.